The van der Waals surface area contributed by atoms with E-state index in [1.54, 1.807) is 6.92 Å². The lowest BCUT2D eigenvalue weighted by atomic mass is 10.3. The quantitative estimate of drug-likeness (QED) is 0.486. The van der Waals surface area contributed by atoms with Crippen LogP contribution in [0, 0.1) is 0 Å². The lowest BCUT2D eigenvalue weighted by Gasteiger charge is -2.18. The predicted molar refractivity (Wildman–Crippen MR) is 48.2 cm³/mol. The van der Waals surface area contributed by atoms with Gasteiger partial charge >= 0.3 is 11.9 Å². The molecule has 1 rings (SSSR count). The zero-order chi connectivity index (χ0) is 10.6. The molecule has 0 aliphatic carbocycles. The van der Waals surface area contributed by atoms with Gasteiger partial charge in [-0.2, -0.15) is 0 Å². The molecule has 0 unspecified atom stereocenters. The predicted octanol–water partition coefficient (Wildman–Crippen LogP) is 0.347. The van der Waals surface area contributed by atoms with E-state index in [1.165, 1.54) is 18.4 Å². The molecule has 1 aliphatic heterocycles. The molecular weight excluding hydrogens is 186 g/mol. The van der Waals surface area contributed by atoms with Crippen LogP contribution in [0.1, 0.15) is 6.92 Å². The summed E-state index contributed by atoms with van der Waals surface area (Å²) in [4.78, 5) is 23.4. The first-order valence-corrected chi connectivity index (χ1v) is 4.19. The van der Waals surface area contributed by atoms with Crippen LogP contribution in [0.5, 0.6) is 0 Å². The minimum absolute atomic E-state index is 0.00808. The number of nitrogens with zero attached hydrogens (tertiary/aromatic N) is 1. The number of carbonyl (C=O) groups is 2. The molecule has 5 nitrogen and oxygen atoms in total. The van der Waals surface area contributed by atoms with Crippen molar-refractivity contribution < 1.29 is 19.4 Å². The average Bonchev–Trinajstić information content (AvgIpc) is 2.17. The highest BCUT2D eigenvalue weighted by Crippen LogP contribution is 2.05. The second-order valence-electron chi connectivity index (χ2n) is 2.65. The Labute approximate surface area is 81.3 Å². The first-order valence-electron chi connectivity index (χ1n) is 4.19. The normalized spacial score (nSPS) is 14.9. The van der Waals surface area contributed by atoms with Crippen molar-refractivity contribution in [2.75, 3.05) is 13.2 Å². The molecule has 1 aliphatic rings. The average molecular weight is 197 g/mol. The lowest BCUT2D eigenvalue weighted by Crippen LogP contribution is -2.36. The van der Waals surface area contributed by atoms with E-state index in [0.29, 0.717) is 0 Å². The number of aliphatic hydroxyl groups excluding tert-OH is 1. The van der Waals surface area contributed by atoms with E-state index < -0.39 is 11.9 Å². The van der Waals surface area contributed by atoms with Gasteiger partial charge in [-0.3, -0.25) is 4.79 Å². The van der Waals surface area contributed by atoms with Crippen molar-refractivity contribution in [2.45, 2.75) is 6.92 Å². The molecule has 0 radical (unpaired) electrons. The van der Waals surface area contributed by atoms with Crippen molar-refractivity contribution >= 4 is 11.9 Å². The highest BCUT2D eigenvalue weighted by Gasteiger charge is 2.23. The highest BCUT2D eigenvalue weighted by molar-refractivity contribution is 6.32. The SMILES string of the molecule is CCOC(=O)C(=O)N1C=CC=C(O)C1. The number of rotatable bonds is 1. The minimum Gasteiger partial charge on any atom is -0.510 e. The third-order valence-electron chi connectivity index (χ3n) is 1.60. The van der Waals surface area contributed by atoms with Crippen LogP contribution in [0.2, 0.25) is 0 Å². The van der Waals surface area contributed by atoms with Crippen LogP contribution in [0.25, 0.3) is 0 Å². The number of allylic oxidation sites excluding steroid dienone is 2. The summed E-state index contributed by atoms with van der Waals surface area (Å²) < 4.78 is 4.53. The summed E-state index contributed by atoms with van der Waals surface area (Å²) >= 11 is 0. The van der Waals surface area contributed by atoms with E-state index in [9.17, 15) is 9.59 Å². The maximum absolute atomic E-state index is 11.3. The standard InChI is InChI=1S/C9H11NO4/c1-2-14-9(13)8(12)10-5-3-4-7(11)6-10/h3-5,11H,2,6H2,1H3. The molecule has 14 heavy (non-hydrogen) atoms. The summed E-state index contributed by atoms with van der Waals surface area (Å²) in [6, 6.07) is 0. The van der Waals surface area contributed by atoms with E-state index >= 15 is 0 Å². The van der Waals surface area contributed by atoms with Crippen molar-refractivity contribution in [3.63, 3.8) is 0 Å². The second kappa shape index (κ2) is 4.45. The van der Waals surface area contributed by atoms with Crippen LogP contribution in [0.15, 0.2) is 24.1 Å². The van der Waals surface area contributed by atoms with E-state index in [-0.39, 0.29) is 18.9 Å². The summed E-state index contributed by atoms with van der Waals surface area (Å²) in [6.45, 7) is 1.78. The highest BCUT2D eigenvalue weighted by atomic mass is 16.5. The first-order chi connectivity index (χ1) is 6.65. The van der Waals surface area contributed by atoms with Crippen LogP contribution in [-0.4, -0.2) is 35.0 Å². The summed E-state index contributed by atoms with van der Waals surface area (Å²) in [6.07, 6.45) is 4.35. The van der Waals surface area contributed by atoms with E-state index in [0.717, 1.165) is 4.90 Å². The van der Waals surface area contributed by atoms with Gasteiger partial charge in [0.15, 0.2) is 0 Å². The Hall–Kier alpha value is -1.78. The number of hydrogen-bond acceptors (Lipinski definition) is 4. The molecule has 0 spiro atoms. The van der Waals surface area contributed by atoms with E-state index in [1.807, 2.05) is 0 Å². The fourth-order valence-corrected chi connectivity index (χ4v) is 0.988. The largest absolute Gasteiger partial charge is 0.510 e. The topological polar surface area (TPSA) is 66.8 Å². The maximum Gasteiger partial charge on any atom is 0.397 e. The molecule has 1 N–H and O–H groups in total. The number of aliphatic hydroxyl groups is 1. The smallest absolute Gasteiger partial charge is 0.397 e. The van der Waals surface area contributed by atoms with Crippen molar-refractivity contribution in [2.24, 2.45) is 0 Å². The van der Waals surface area contributed by atoms with Gasteiger partial charge in [-0.1, -0.05) is 0 Å². The molecule has 0 aromatic rings. The van der Waals surface area contributed by atoms with E-state index in [2.05, 4.69) is 4.74 Å². The summed E-state index contributed by atoms with van der Waals surface area (Å²) in [5.74, 6) is -1.65. The number of esters is 1. The summed E-state index contributed by atoms with van der Waals surface area (Å²) in [5, 5.41) is 9.10. The monoisotopic (exact) mass is 197 g/mol. The van der Waals surface area contributed by atoms with Crippen LogP contribution in [0.4, 0.5) is 0 Å². The minimum atomic E-state index is -0.910. The Morgan fingerprint density at radius 1 is 1.64 bits per heavy atom. The fraction of sp³-hybridized carbons (Fsp3) is 0.333. The third kappa shape index (κ3) is 2.35. The molecule has 0 atom stereocenters. The molecular formula is C9H11NO4. The number of carbonyl (C=O) groups excluding carboxylic acids is 2. The molecule has 0 aromatic heterocycles. The van der Waals surface area contributed by atoms with Crippen LogP contribution >= 0.6 is 0 Å². The Morgan fingerprint density at radius 2 is 2.36 bits per heavy atom. The molecule has 1 amide bonds. The molecule has 0 fully saturated rings. The van der Waals surface area contributed by atoms with Crippen molar-refractivity contribution in [1.82, 2.24) is 4.90 Å². The Bertz CT molecular complexity index is 306. The molecule has 1 heterocycles. The van der Waals surface area contributed by atoms with Gasteiger partial charge in [-0.15, -0.1) is 0 Å². The molecule has 76 valence electrons. The lowest BCUT2D eigenvalue weighted by molar-refractivity contribution is -0.158. The molecule has 0 saturated carbocycles. The van der Waals surface area contributed by atoms with E-state index in [4.69, 9.17) is 5.11 Å². The Morgan fingerprint density at radius 3 is 2.93 bits per heavy atom. The van der Waals surface area contributed by atoms with Gasteiger partial charge in [-0.25, -0.2) is 4.79 Å². The van der Waals surface area contributed by atoms with Crippen LogP contribution in [0.3, 0.4) is 0 Å². The third-order valence-corrected chi connectivity index (χ3v) is 1.60. The van der Waals surface area contributed by atoms with Crippen molar-refractivity contribution in [3.8, 4) is 0 Å². The summed E-state index contributed by atoms with van der Waals surface area (Å²) in [7, 11) is 0. The second-order valence-corrected chi connectivity index (χ2v) is 2.65. The fourth-order valence-electron chi connectivity index (χ4n) is 0.988. The van der Waals surface area contributed by atoms with Crippen LogP contribution in [-0.2, 0) is 14.3 Å². The van der Waals surface area contributed by atoms with Gasteiger partial charge in [0.25, 0.3) is 0 Å². The zero-order valence-corrected chi connectivity index (χ0v) is 7.77. The zero-order valence-electron chi connectivity index (χ0n) is 7.77. The van der Waals surface area contributed by atoms with Gasteiger partial charge in [0.05, 0.1) is 13.2 Å². The van der Waals surface area contributed by atoms with Gasteiger partial charge < -0.3 is 14.7 Å². The molecule has 5 heteroatoms. The number of amides is 1. The Kier molecular flexibility index (Phi) is 3.28. The van der Waals surface area contributed by atoms with Gasteiger partial charge in [0.2, 0.25) is 0 Å². The maximum atomic E-state index is 11.3. The molecule has 0 aromatic carbocycles. The van der Waals surface area contributed by atoms with Gasteiger partial charge in [0, 0.05) is 6.20 Å². The number of hydrogen-bond donors (Lipinski definition) is 1. The van der Waals surface area contributed by atoms with Crippen LogP contribution < -0.4 is 0 Å². The first kappa shape index (κ1) is 10.3. The number of ether oxygens (including phenoxy) is 1. The Balaban J connectivity index is 2.59. The van der Waals surface area contributed by atoms with Crippen molar-refractivity contribution in [1.29, 1.82) is 0 Å². The molecule has 0 saturated heterocycles. The summed E-state index contributed by atoms with van der Waals surface area (Å²) in [5.41, 5.74) is 0. The van der Waals surface area contributed by atoms with Gasteiger partial charge in [0.1, 0.15) is 5.76 Å². The molecule has 0 bridgehead atoms. The van der Waals surface area contributed by atoms with Crippen molar-refractivity contribution in [3.05, 3.63) is 24.1 Å². The van der Waals surface area contributed by atoms with Gasteiger partial charge in [-0.05, 0) is 19.1 Å².